The molecule has 1 aliphatic rings. The van der Waals surface area contributed by atoms with E-state index in [-0.39, 0.29) is 0 Å². The first-order valence-electron chi connectivity index (χ1n) is 5.38. The summed E-state index contributed by atoms with van der Waals surface area (Å²) in [5.74, 6) is 0.768. The summed E-state index contributed by atoms with van der Waals surface area (Å²) in [4.78, 5) is 4.50. The van der Waals surface area contributed by atoms with E-state index in [0.29, 0.717) is 0 Å². The Morgan fingerprint density at radius 3 is 2.23 bits per heavy atom. The van der Waals surface area contributed by atoms with Crippen LogP contribution < -0.4 is 0 Å². The molecule has 1 nitrogen and oxygen atoms in total. The van der Waals surface area contributed by atoms with Gasteiger partial charge in [0.2, 0.25) is 0 Å². The van der Waals surface area contributed by atoms with Crippen molar-refractivity contribution in [2.45, 2.75) is 52.9 Å². The molecule has 1 rings (SSSR count). The van der Waals surface area contributed by atoms with Gasteiger partial charge in [-0.05, 0) is 39.5 Å². The Morgan fingerprint density at radius 2 is 1.69 bits per heavy atom. The van der Waals surface area contributed by atoms with Crippen LogP contribution in [0.2, 0.25) is 0 Å². The molecular weight excluding hydrogens is 158 g/mol. The predicted molar refractivity (Wildman–Crippen MR) is 59.1 cm³/mol. The minimum Gasteiger partial charge on any atom is -0.266 e. The SMILES string of the molecule is CC(C)=CN=C(C)C1CCCCC1. The van der Waals surface area contributed by atoms with Gasteiger partial charge in [0.1, 0.15) is 0 Å². The molecule has 0 aromatic rings. The fraction of sp³-hybridized carbons (Fsp3) is 0.750. The monoisotopic (exact) mass is 179 g/mol. The maximum absolute atomic E-state index is 4.50. The van der Waals surface area contributed by atoms with Gasteiger partial charge >= 0.3 is 0 Å². The zero-order valence-electron chi connectivity index (χ0n) is 9.14. The molecule has 0 heterocycles. The lowest BCUT2D eigenvalue weighted by Gasteiger charge is -2.20. The third kappa shape index (κ3) is 3.75. The fourth-order valence-electron chi connectivity index (χ4n) is 1.86. The van der Waals surface area contributed by atoms with Crippen LogP contribution in [0.25, 0.3) is 0 Å². The van der Waals surface area contributed by atoms with Crippen LogP contribution in [0, 0.1) is 5.92 Å². The van der Waals surface area contributed by atoms with Gasteiger partial charge < -0.3 is 0 Å². The Bertz CT molecular complexity index is 203. The molecule has 13 heavy (non-hydrogen) atoms. The van der Waals surface area contributed by atoms with Crippen molar-refractivity contribution in [1.29, 1.82) is 0 Å². The van der Waals surface area contributed by atoms with Crippen LogP contribution in [0.5, 0.6) is 0 Å². The Balaban J connectivity index is 2.49. The Kier molecular flexibility index (Phi) is 4.20. The van der Waals surface area contributed by atoms with Gasteiger partial charge in [-0.25, -0.2) is 0 Å². The zero-order valence-corrected chi connectivity index (χ0v) is 9.14. The van der Waals surface area contributed by atoms with Gasteiger partial charge in [0.05, 0.1) is 0 Å². The van der Waals surface area contributed by atoms with E-state index in [2.05, 4.69) is 25.8 Å². The maximum atomic E-state index is 4.50. The van der Waals surface area contributed by atoms with Crippen LogP contribution in [0.3, 0.4) is 0 Å². The standard InChI is InChI=1S/C12H21N/c1-10(2)9-13-11(3)12-7-5-4-6-8-12/h9,12H,4-8H2,1-3H3. The summed E-state index contributed by atoms with van der Waals surface area (Å²) in [7, 11) is 0. The topological polar surface area (TPSA) is 12.4 Å². The van der Waals surface area contributed by atoms with Crippen LogP contribution in [0.4, 0.5) is 0 Å². The molecule has 0 aliphatic heterocycles. The summed E-state index contributed by atoms with van der Waals surface area (Å²) in [6, 6.07) is 0. The number of nitrogens with zero attached hydrogens (tertiary/aromatic N) is 1. The first kappa shape index (κ1) is 10.5. The molecule has 0 saturated heterocycles. The molecular formula is C12H21N. The summed E-state index contributed by atoms with van der Waals surface area (Å²) in [6.07, 6.45) is 8.91. The molecule has 0 amide bonds. The lowest BCUT2D eigenvalue weighted by molar-refractivity contribution is 0.438. The van der Waals surface area contributed by atoms with E-state index < -0.39 is 0 Å². The van der Waals surface area contributed by atoms with Crippen LogP contribution in [-0.4, -0.2) is 5.71 Å². The van der Waals surface area contributed by atoms with E-state index in [1.165, 1.54) is 43.4 Å². The molecule has 0 atom stereocenters. The van der Waals surface area contributed by atoms with Crippen molar-refractivity contribution in [2.24, 2.45) is 10.9 Å². The molecule has 74 valence electrons. The summed E-state index contributed by atoms with van der Waals surface area (Å²) in [6.45, 7) is 6.37. The smallest absolute Gasteiger partial charge is 0.0253 e. The zero-order chi connectivity index (χ0) is 9.68. The molecule has 0 radical (unpaired) electrons. The van der Waals surface area contributed by atoms with Crippen molar-refractivity contribution in [1.82, 2.24) is 0 Å². The molecule has 0 bridgehead atoms. The fourth-order valence-corrected chi connectivity index (χ4v) is 1.86. The summed E-state index contributed by atoms with van der Waals surface area (Å²) in [5.41, 5.74) is 2.62. The minimum absolute atomic E-state index is 0.768. The molecule has 0 unspecified atom stereocenters. The Labute approximate surface area is 82.0 Å². The number of hydrogen-bond acceptors (Lipinski definition) is 1. The molecule has 1 saturated carbocycles. The molecule has 0 aromatic heterocycles. The molecule has 1 heteroatoms. The quantitative estimate of drug-likeness (QED) is 0.569. The van der Waals surface area contributed by atoms with Gasteiger partial charge in [0.15, 0.2) is 0 Å². The number of rotatable bonds is 2. The van der Waals surface area contributed by atoms with E-state index in [1.807, 2.05) is 6.20 Å². The van der Waals surface area contributed by atoms with E-state index in [9.17, 15) is 0 Å². The number of hydrogen-bond donors (Lipinski definition) is 0. The van der Waals surface area contributed by atoms with Gasteiger partial charge in [-0.1, -0.05) is 24.8 Å². The molecule has 0 N–H and O–H groups in total. The van der Waals surface area contributed by atoms with Gasteiger partial charge in [-0.2, -0.15) is 0 Å². The highest BCUT2D eigenvalue weighted by molar-refractivity contribution is 5.84. The van der Waals surface area contributed by atoms with Crippen LogP contribution in [-0.2, 0) is 0 Å². The van der Waals surface area contributed by atoms with Crippen molar-refractivity contribution in [3.8, 4) is 0 Å². The number of aliphatic imine (C=N–C) groups is 1. The van der Waals surface area contributed by atoms with E-state index >= 15 is 0 Å². The van der Waals surface area contributed by atoms with Crippen molar-refractivity contribution in [3.05, 3.63) is 11.8 Å². The summed E-state index contributed by atoms with van der Waals surface area (Å²) < 4.78 is 0. The molecule has 1 fully saturated rings. The Hall–Kier alpha value is -0.590. The van der Waals surface area contributed by atoms with Gasteiger partial charge in [-0.3, -0.25) is 4.99 Å². The second kappa shape index (κ2) is 5.21. The van der Waals surface area contributed by atoms with Gasteiger partial charge in [0.25, 0.3) is 0 Å². The summed E-state index contributed by atoms with van der Waals surface area (Å²) >= 11 is 0. The van der Waals surface area contributed by atoms with Gasteiger partial charge in [0, 0.05) is 11.9 Å². The lowest BCUT2D eigenvalue weighted by atomic mass is 9.86. The lowest BCUT2D eigenvalue weighted by Crippen LogP contribution is -2.14. The molecule has 0 spiro atoms. The Morgan fingerprint density at radius 1 is 1.08 bits per heavy atom. The normalized spacial score (nSPS) is 20.1. The van der Waals surface area contributed by atoms with E-state index in [1.54, 1.807) is 0 Å². The first-order chi connectivity index (χ1) is 6.20. The summed E-state index contributed by atoms with van der Waals surface area (Å²) in [5, 5.41) is 0. The van der Waals surface area contributed by atoms with Crippen LogP contribution >= 0.6 is 0 Å². The van der Waals surface area contributed by atoms with Gasteiger partial charge in [-0.15, -0.1) is 0 Å². The van der Waals surface area contributed by atoms with Crippen molar-refractivity contribution in [2.75, 3.05) is 0 Å². The minimum atomic E-state index is 0.768. The van der Waals surface area contributed by atoms with Crippen molar-refractivity contribution in [3.63, 3.8) is 0 Å². The average molecular weight is 179 g/mol. The highest BCUT2D eigenvalue weighted by atomic mass is 14.7. The average Bonchev–Trinajstić information content (AvgIpc) is 2.15. The third-order valence-electron chi connectivity index (χ3n) is 2.72. The van der Waals surface area contributed by atoms with Crippen LogP contribution in [0.1, 0.15) is 52.9 Å². The highest BCUT2D eigenvalue weighted by Gasteiger charge is 2.15. The first-order valence-corrected chi connectivity index (χ1v) is 5.38. The second-order valence-electron chi connectivity index (χ2n) is 4.31. The third-order valence-corrected chi connectivity index (χ3v) is 2.72. The maximum Gasteiger partial charge on any atom is 0.0253 e. The van der Waals surface area contributed by atoms with Crippen molar-refractivity contribution >= 4 is 5.71 Å². The van der Waals surface area contributed by atoms with Crippen molar-refractivity contribution < 1.29 is 0 Å². The van der Waals surface area contributed by atoms with E-state index in [0.717, 1.165) is 5.92 Å². The van der Waals surface area contributed by atoms with Crippen LogP contribution in [0.15, 0.2) is 16.8 Å². The second-order valence-corrected chi connectivity index (χ2v) is 4.31. The highest BCUT2D eigenvalue weighted by Crippen LogP contribution is 2.24. The largest absolute Gasteiger partial charge is 0.266 e. The van der Waals surface area contributed by atoms with E-state index in [4.69, 9.17) is 0 Å². The molecule has 1 aliphatic carbocycles. The molecule has 0 aromatic carbocycles. The number of allylic oxidation sites excluding steroid dienone is 1. The predicted octanol–water partition coefficient (Wildman–Crippen LogP) is 3.95.